The van der Waals surface area contributed by atoms with E-state index in [9.17, 15) is 9.59 Å². The standard InChI is InChI=1S/C15H15N3O2.2H2/c16-9-11-2-1-3-12(8-11)15(20)18-14-6-4-13(5-7-14)17-10-19;;/h1-8,10H,9,16H2,(H,17,19)(H,18,20);2*1H. The lowest BCUT2D eigenvalue weighted by molar-refractivity contribution is -0.105. The van der Waals surface area contributed by atoms with E-state index in [2.05, 4.69) is 10.6 Å². The van der Waals surface area contributed by atoms with E-state index in [-0.39, 0.29) is 8.76 Å². The first-order chi connectivity index (χ1) is 9.72. The molecule has 0 saturated carbocycles. The summed E-state index contributed by atoms with van der Waals surface area (Å²) < 4.78 is 0. The van der Waals surface area contributed by atoms with Gasteiger partial charge in [-0.3, -0.25) is 9.59 Å². The van der Waals surface area contributed by atoms with Crippen LogP contribution >= 0.6 is 0 Å². The Balaban J connectivity index is 0.00000220. The topological polar surface area (TPSA) is 84.2 Å². The third-order valence-corrected chi connectivity index (χ3v) is 2.79. The molecular formula is C15H19N3O2. The number of amides is 2. The van der Waals surface area contributed by atoms with Crippen molar-refractivity contribution in [2.75, 3.05) is 10.6 Å². The van der Waals surface area contributed by atoms with E-state index in [1.54, 1.807) is 42.5 Å². The number of benzene rings is 2. The van der Waals surface area contributed by atoms with Crippen molar-refractivity contribution in [3.63, 3.8) is 0 Å². The molecule has 0 saturated heterocycles. The molecular weight excluding hydrogens is 254 g/mol. The molecule has 4 N–H and O–H groups in total. The van der Waals surface area contributed by atoms with E-state index >= 15 is 0 Å². The normalized spacial score (nSPS) is 9.85. The highest BCUT2D eigenvalue weighted by Crippen LogP contribution is 2.14. The molecule has 2 rings (SSSR count). The van der Waals surface area contributed by atoms with Crippen molar-refractivity contribution in [2.24, 2.45) is 5.73 Å². The van der Waals surface area contributed by atoms with Crippen LogP contribution in [0.4, 0.5) is 11.4 Å². The summed E-state index contributed by atoms with van der Waals surface area (Å²) >= 11 is 0. The summed E-state index contributed by atoms with van der Waals surface area (Å²) in [5.74, 6) is -0.198. The Morgan fingerprint density at radius 3 is 2.50 bits per heavy atom. The first-order valence-corrected chi connectivity index (χ1v) is 6.13. The van der Waals surface area contributed by atoms with E-state index in [4.69, 9.17) is 5.73 Å². The Kier molecular flexibility index (Phi) is 4.47. The summed E-state index contributed by atoms with van der Waals surface area (Å²) in [5, 5.41) is 5.31. The molecule has 106 valence electrons. The van der Waals surface area contributed by atoms with Gasteiger partial charge >= 0.3 is 0 Å². The number of nitrogens with two attached hydrogens (primary N) is 1. The molecule has 0 fully saturated rings. The maximum atomic E-state index is 12.1. The SMILES string of the molecule is NCc1cccc(C(=O)Nc2ccc(NC=O)cc2)c1.[HH].[HH]. The average Bonchev–Trinajstić information content (AvgIpc) is 2.49. The van der Waals surface area contributed by atoms with Gasteiger partial charge in [0.05, 0.1) is 0 Å². The van der Waals surface area contributed by atoms with Crippen molar-refractivity contribution in [1.29, 1.82) is 0 Å². The van der Waals surface area contributed by atoms with Gasteiger partial charge in [-0.25, -0.2) is 0 Å². The van der Waals surface area contributed by atoms with Crippen LogP contribution < -0.4 is 16.4 Å². The van der Waals surface area contributed by atoms with Crippen LogP contribution in [0.1, 0.15) is 18.8 Å². The number of nitrogens with one attached hydrogen (secondary N) is 2. The number of hydrogen-bond acceptors (Lipinski definition) is 3. The second-order valence-electron chi connectivity index (χ2n) is 4.20. The van der Waals surface area contributed by atoms with Crippen LogP contribution in [0.3, 0.4) is 0 Å². The average molecular weight is 273 g/mol. The van der Waals surface area contributed by atoms with Gasteiger partial charge in [-0.2, -0.15) is 0 Å². The zero-order valence-electron chi connectivity index (χ0n) is 10.8. The molecule has 0 heterocycles. The molecule has 2 aromatic rings. The quantitative estimate of drug-likeness (QED) is 0.732. The molecule has 5 nitrogen and oxygen atoms in total. The molecule has 0 aromatic heterocycles. The van der Waals surface area contributed by atoms with Crippen molar-refractivity contribution in [1.82, 2.24) is 0 Å². The Morgan fingerprint density at radius 1 is 1.15 bits per heavy atom. The lowest BCUT2D eigenvalue weighted by Crippen LogP contribution is -2.12. The Hall–Kier alpha value is -2.66. The van der Waals surface area contributed by atoms with E-state index in [0.717, 1.165) is 5.56 Å². The summed E-state index contributed by atoms with van der Waals surface area (Å²) in [7, 11) is 0. The van der Waals surface area contributed by atoms with E-state index < -0.39 is 0 Å². The van der Waals surface area contributed by atoms with Crippen molar-refractivity contribution in [3.8, 4) is 0 Å². The highest BCUT2D eigenvalue weighted by molar-refractivity contribution is 6.04. The summed E-state index contributed by atoms with van der Waals surface area (Å²) in [6.45, 7) is 0.396. The minimum atomic E-state index is -0.198. The van der Waals surface area contributed by atoms with Crippen LogP contribution in [0.15, 0.2) is 48.5 Å². The Morgan fingerprint density at radius 2 is 1.85 bits per heavy atom. The van der Waals surface area contributed by atoms with Crippen LogP contribution in [-0.2, 0) is 11.3 Å². The molecule has 0 aliphatic carbocycles. The predicted molar refractivity (Wildman–Crippen MR) is 82.6 cm³/mol. The first kappa shape index (κ1) is 13.8. The fourth-order valence-electron chi connectivity index (χ4n) is 1.76. The van der Waals surface area contributed by atoms with Gasteiger partial charge in [-0.1, -0.05) is 12.1 Å². The smallest absolute Gasteiger partial charge is 0.255 e. The van der Waals surface area contributed by atoms with Gasteiger partial charge in [0.2, 0.25) is 6.41 Å². The zero-order valence-corrected chi connectivity index (χ0v) is 10.8. The lowest BCUT2D eigenvalue weighted by Gasteiger charge is -2.07. The van der Waals surface area contributed by atoms with E-state index in [0.29, 0.717) is 29.9 Å². The van der Waals surface area contributed by atoms with E-state index in [1.165, 1.54) is 0 Å². The Labute approximate surface area is 119 Å². The van der Waals surface area contributed by atoms with Gasteiger partial charge in [0.15, 0.2) is 0 Å². The fourth-order valence-corrected chi connectivity index (χ4v) is 1.76. The second-order valence-corrected chi connectivity index (χ2v) is 4.20. The van der Waals surface area contributed by atoms with Crippen molar-refractivity contribution >= 4 is 23.7 Å². The number of carbonyl (C=O) groups excluding carboxylic acids is 2. The molecule has 0 aliphatic heterocycles. The lowest BCUT2D eigenvalue weighted by atomic mass is 10.1. The molecule has 2 amide bonds. The molecule has 0 atom stereocenters. The van der Waals surface area contributed by atoms with E-state index in [1.807, 2.05) is 6.07 Å². The third kappa shape index (κ3) is 3.43. The summed E-state index contributed by atoms with van der Waals surface area (Å²) in [4.78, 5) is 22.4. The zero-order chi connectivity index (χ0) is 14.4. The summed E-state index contributed by atoms with van der Waals surface area (Å²) in [6, 6.07) is 14.0. The minimum absolute atomic E-state index is 0. The monoisotopic (exact) mass is 273 g/mol. The highest BCUT2D eigenvalue weighted by atomic mass is 16.1. The van der Waals surface area contributed by atoms with Crippen molar-refractivity contribution in [2.45, 2.75) is 6.54 Å². The Bertz CT molecular complexity index is 618. The van der Waals surface area contributed by atoms with Crippen molar-refractivity contribution in [3.05, 3.63) is 59.7 Å². The van der Waals surface area contributed by atoms with Crippen molar-refractivity contribution < 1.29 is 12.4 Å². The fraction of sp³-hybridized carbons (Fsp3) is 0.0667. The molecule has 0 bridgehead atoms. The largest absolute Gasteiger partial charge is 0.329 e. The van der Waals surface area contributed by atoms with Crippen LogP contribution in [0.2, 0.25) is 0 Å². The third-order valence-electron chi connectivity index (χ3n) is 2.79. The second kappa shape index (κ2) is 6.49. The maximum Gasteiger partial charge on any atom is 0.255 e. The summed E-state index contributed by atoms with van der Waals surface area (Å²) in [6.07, 6.45) is 0.603. The highest BCUT2D eigenvalue weighted by Gasteiger charge is 2.06. The molecule has 2 aromatic carbocycles. The molecule has 0 radical (unpaired) electrons. The number of rotatable bonds is 5. The number of carbonyl (C=O) groups is 2. The minimum Gasteiger partial charge on any atom is -0.329 e. The van der Waals surface area contributed by atoms with Gasteiger partial charge < -0.3 is 16.4 Å². The molecule has 20 heavy (non-hydrogen) atoms. The number of anilines is 2. The maximum absolute atomic E-state index is 12.1. The predicted octanol–water partition coefficient (Wildman–Crippen LogP) is 2.46. The van der Waals surface area contributed by atoms with Crippen LogP contribution in [0.25, 0.3) is 0 Å². The molecule has 0 aliphatic rings. The molecule has 0 unspecified atom stereocenters. The van der Waals surface area contributed by atoms with Gasteiger partial charge in [-0.15, -0.1) is 0 Å². The van der Waals surface area contributed by atoms with Gasteiger partial charge in [0.25, 0.3) is 5.91 Å². The molecule has 0 spiro atoms. The summed E-state index contributed by atoms with van der Waals surface area (Å²) in [5.41, 5.74) is 8.34. The number of hydrogen-bond donors (Lipinski definition) is 3. The van der Waals surface area contributed by atoms with Gasteiger partial charge in [0.1, 0.15) is 0 Å². The van der Waals surface area contributed by atoms with Crippen LogP contribution in [-0.4, -0.2) is 12.3 Å². The van der Waals surface area contributed by atoms with Crippen LogP contribution in [0, 0.1) is 0 Å². The van der Waals surface area contributed by atoms with Gasteiger partial charge in [0, 0.05) is 26.3 Å². The van der Waals surface area contributed by atoms with Crippen LogP contribution in [0.5, 0.6) is 0 Å². The van der Waals surface area contributed by atoms with Gasteiger partial charge in [-0.05, 0) is 42.0 Å². The molecule has 5 heteroatoms. The first-order valence-electron chi connectivity index (χ1n) is 6.13.